The first kappa shape index (κ1) is 16.5. The number of aromatic hydroxyl groups is 2. The highest BCUT2D eigenvalue weighted by molar-refractivity contribution is 6.31. The number of nitrogens with zero attached hydrogens (tertiary/aromatic N) is 4. The molecule has 0 heterocycles. The predicted octanol–water partition coefficient (Wildman–Crippen LogP) is 4.44. The molecule has 0 aliphatic heterocycles. The number of nitrogens with one attached hydrogen (secondary N) is 1. The van der Waals surface area contributed by atoms with Crippen LogP contribution in [0.5, 0.6) is 11.5 Å². The van der Waals surface area contributed by atoms with Crippen LogP contribution in [0.25, 0.3) is 0 Å². The maximum Gasteiger partial charge on any atom is 0.270 e. The minimum atomic E-state index is -0.330. The first-order valence-electron chi connectivity index (χ1n) is 6.12. The predicted molar refractivity (Wildman–Crippen MR) is 87.4 cm³/mol. The quantitative estimate of drug-likeness (QED) is 0.250. The Bertz CT molecular complexity index is 830. The molecule has 0 aliphatic carbocycles. The number of nitriles is 1. The van der Waals surface area contributed by atoms with Crippen LogP contribution in [-0.4, -0.2) is 16.0 Å². The van der Waals surface area contributed by atoms with Gasteiger partial charge in [0.25, 0.3) is 5.84 Å². The van der Waals surface area contributed by atoms with Gasteiger partial charge in [-0.25, -0.2) is 0 Å². The number of phenolic OH excluding ortho intramolecular Hbond substituents is 2. The van der Waals surface area contributed by atoms with E-state index in [2.05, 4.69) is 20.8 Å². The molecule has 0 atom stereocenters. The van der Waals surface area contributed by atoms with E-state index >= 15 is 0 Å². The summed E-state index contributed by atoms with van der Waals surface area (Å²) >= 11 is 11.6. The van der Waals surface area contributed by atoms with Gasteiger partial charge in [0.2, 0.25) is 0 Å². The topological polar surface area (TPSA) is 113 Å². The molecule has 0 spiro atoms. The van der Waals surface area contributed by atoms with Gasteiger partial charge < -0.3 is 10.2 Å². The van der Waals surface area contributed by atoms with Crippen LogP contribution < -0.4 is 5.43 Å². The van der Waals surface area contributed by atoms with E-state index in [0.29, 0.717) is 10.0 Å². The van der Waals surface area contributed by atoms with Crippen LogP contribution in [0.2, 0.25) is 10.0 Å². The zero-order valence-corrected chi connectivity index (χ0v) is 12.9. The summed E-state index contributed by atoms with van der Waals surface area (Å²) in [4.78, 5) is 0. The summed E-state index contributed by atoms with van der Waals surface area (Å²) in [6.45, 7) is 0. The number of anilines is 1. The zero-order chi connectivity index (χ0) is 16.8. The molecule has 0 amide bonds. The average molecular weight is 350 g/mol. The molecule has 7 nitrogen and oxygen atoms in total. The molecule has 116 valence electrons. The van der Waals surface area contributed by atoms with Gasteiger partial charge in [0.1, 0.15) is 23.3 Å². The molecule has 0 fully saturated rings. The molecule has 3 N–H and O–H groups in total. The molecule has 2 aromatic rings. The highest BCUT2D eigenvalue weighted by Crippen LogP contribution is 2.29. The Morgan fingerprint density at radius 3 is 2.39 bits per heavy atom. The van der Waals surface area contributed by atoms with Gasteiger partial charge in [-0.2, -0.15) is 5.26 Å². The van der Waals surface area contributed by atoms with Gasteiger partial charge in [-0.05, 0) is 36.4 Å². The van der Waals surface area contributed by atoms with Crippen LogP contribution in [0.3, 0.4) is 0 Å². The highest BCUT2D eigenvalue weighted by atomic mass is 35.5. The SMILES string of the molecule is N#CC(N=Nc1cc(Cl)ccc1O)=NNc1cc(Cl)ccc1O. The number of azo groups is 1. The molecule has 0 saturated carbocycles. The molecular formula is C14H9Cl2N5O2. The summed E-state index contributed by atoms with van der Waals surface area (Å²) in [5, 5.41) is 39.9. The largest absolute Gasteiger partial charge is 0.506 e. The third kappa shape index (κ3) is 4.57. The number of rotatable bonds is 3. The summed E-state index contributed by atoms with van der Waals surface area (Å²) < 4.78 is 0. The van der Waals surface area contributed by atoms with Crippen LogP contribution in [-0.2, 0) is 0 Å². The molecule has 23 heavy (non-hydrogen) atoms. The van der Waals surface area contributed by atoms with Gasteiger partial charge in [-0.3, -0.25) is 5.43 Å². The summed E-state index contributed by atoms with van der Waals surface area (Å²) in [5.41, 5.74) is 2.74. The minimum Gasteiger partial charge on any atom is -0.506 e. The third-order valence-corrected chi connectivity index (χ3v) is 3.00. The van der Waals surface area contributed by atoms with Gasteiger partial charge in [-0.15, -0.1) is 15.3 Å². The van der Waals surface area contributed by atoms with Crippen molar-refractivity contribution in [3.8, 4) is 17.6 Å². The van der Waals surface area contributed by atoms with Gasteiger partial charge >= 0.3 is 0 Å². The standard InChI is InChI=1S/C14H9Cl2N5O2/c15-8-1-3-12(22)10(5-8)18-20-14(7-17)21-19-11-6-9(16)2-4-13(11)23/h1-6,18,22-23H. The monoisotopic (exact) mass is 349 g/mol. The van der Waals surface area contributed by atoms with Crippen molar-refractivity contribution < 1.29 is 10.2 Å². The summed E-state index contributed by atoms with van der Waals surface area (Å²) in [6.07, 6.45) is 0. The van der Waals surface area contributed by atoms with Gasteiger partial charge in [0.15, 0.2) is 0 Å². The van der Waals surface area contributed by atoms with Crippen LogP contribution in [0.1, 0.15) is 0 Å². The number of phenols is 2. The van der Waals surface area contributed by atoms with Crippen molar-refractivity contribution in [2.75, 3.05) is 5.43 Å². The average Bonchev–Trinajstić information content (AvgIpc) is 2.53. The van der Waals surface area contributed by atoms with E-state index in [1.165, 1.54) is 36.4 Å². The van der Waals surface area contributed by atoms with Crippen molar-refractivity contribution in [3.63, 3.8) is 0 Å². The maximum atomic E-state index is 9.62. The first-order valence-corrected chi connectivity index (χ1v) is 6.88. The first-order chi connectivity index (χ1) is 11.0. The Morgan fingerprint density at radius 1 is 1.04 bits per heavy atom. The van der Waals surface area contributed by atoms with Gasteiger partial charge in [-0.1, -0.05) is 23.2 Å². The zero-order valence-electron chi connectivity index (χ0n) is 11.4. The maximum absolute atomic E-state index is 9.62. The lowest BCUT2D eigenvalue weighted by atomic mass is 10.3. The molecule has 0 bridgehead atoms. The molecule has 0 unspecified atom stereocenters. The Kier molecular flexibility index (Phi) is 5.36. The van der Waals surface area contributed by atoms with E-state index in [1.54, 1.807) is 6.07 Å². The van der Waals surface area contributed by atoms with Crippen LogP contribution in [0, 0.1) is 11.3 Å². The van der Waals surface area contributed by atoms with Crippen molar-refractivity contribution in [1.82, 2.24) is 0 Å². The van der Waals surface area contributed by atoms with Crippen molar-refractivity contribution >= 4 is 40.4 Å². The van der Waals surface area contributed by atoms with E-state index in [-0.39, 0.29) is 28.7 Å². The van der Waals surface area contributed by atoms with E-state index in [0.717, 1.165) is 0 Å². The number of amidine groups is 1. The number of benzene rings is 2. The fraction of sp³-hybridized carbons (Fsp3) is 0. The van der Waals surface area contributed by atoms with E-state index in [1.807, 2.05) is 0 Å². The Hall–Kier alpha value is -2.82. The molecule has 2 rings (SSSR count). The minimum absolute atomic E-state index is 0.0889. The summed E-state index contributed by atoms with van der Waals surface area (Å²) in [6, 6.07) is 10.2. The smallest absolute Gasteiger partial charge is 0.270 e. The van der Waals surface area contributed by atoms with E-state index in [9.17, 15) is 10.2 Å². The molecular weight excluding hydrogens is 341 g/mol. The Labute approximate surface area is 141 Å². The molecule has 9 heteroatoms. The molecule has 0 radical (unpaired) electrons. The van der Waals surface area contributed by atoms with Gasteiger partial charge in [0, 0.05) is 10.0 Å². The van der Waals surface area contributed by atoms with Crippen molar-refractivity contribution in [1.29, 1.82) is 5.26 Å². The van der Waals surface area contributed by atoms with Crippen molar-refractivity contribution in [2.45, 2.75) is 0 Å². The second-order valence-electron chi connectivity index (χ2n) is 4.15. The van der Waals surface area contributed by atoms with Crippen molar-refractivity contribution in [2.24, 2.45) is 15.3 Å². The fourth-order valence-corrected chi connectivity index (χ4v) is 1.80. The van der Waals surface area contributed by atoms with Crippen LogP contribution >= 0.6 is 23.2 Å². The van der Waals surface area contributed by atoms with Crippen molar-refractivity contribution in [3.05, 3.63) is 46.4 Å². The number of halogens is 2. The summed E-state index contributed by atoms with van der Waals surface area (Å²) in [5.74, 6) is -0.570. The number of hydrogen-bond donors (Lipinski definition) is 3. The molecule has 0 aliphatic rings. The Morgan fingerprint density at radius 2 is 1.70 bits per heavy atom. The number of hydrogen-bond acceptors (Lipinski definition) is 6. The lowest BCUT2D eigenvalue weighted by Gasteiger charge is -2.03. The third-order valence-electron chi connectivity index (χ3n) is 2.53. The van der Waals surface area contributed by atoms with E-state index in [4.69, 9.17) is 28.5 Å². The molecule has 0 saturated heterocycles. The van der Waals surface area contributed by atoms with Crippen LogP contribution in [0.4, 0.5) is 11.4 Å². The summed E-state index contributed by atoms with van der Waals surface area (Å²) in [7, 11) is 0. The second-order valence-corrected chi connectivity index (χ2v) is 5.03. The van der Waals surface area contributed by atoms with Gasteiger partial charge in [0.05, 0.1) is 5.69 Å². The lowest BCUT2D eigenvalue weighted by Crippen LogP contribution is -1.96. The van der Waals surface area contributed by atoms with Crippen LogP contribution in [0.15, 0.2) is 51.7 Å². The van der Waals surface area contributed by atoms with E-state index < -0.39 is 0 Å². The second kappa shape index (κ2) is 7.45. The highest BCUT2D eigenvalue weighted by Gasteiger charge is 2.04. The molecule has 0 aromatic heterocycles. The normalized spacial score (nSPS) is 11.4. The molecule has 2 aromatic carbocycles. The fourth-order valence-electron chi connectivity index (χ4n) is 1.46. The Balaban J connectivity index is 2.19. The lowest BCUT2D eigenvalue weighted by molar-refractivity contribution is 0.476. The number of hydrazone groups is 1.